The van der Waals surface area contributed by atoms with Gasteiger partial charge in [-0.05, 0) is 105 Å². The van der Waals surface area contributed by atoms with Crippen molar-refractivity contribution in [2.75, 3.05) is 18.6 Å². The number of esters is 1. The maximum absolute atomic E-state index is 13.5. The number of methoxy groups -OCH3 is 1. The Morgan fingerprint density at radius 2 is 1.76 bits per heavy atom. The minimum atomic E-state index is -0.760. The van der Waals surface area contributed by atoms with Crippen LogP contribution in [0.4, 0.5) is 5.69 Å². The smallest absolute Gasteiger partial charge is 0.346 e. The molecular weight excluding hydrogens is 584 g/mol. The number of nitrogens with zero attached hydrogens (tertiary/aromatic N) is 1. The Balaban J connectivity index is 1.35. The van der Waals surface area contributed by atoms with E-state index in [1.165, 1.54) is 50.3 Å². The molecular formula is C38H47ClN2O4. The van der Waals surface area contributed by atoms with Crippen molar-refractivity contribution in [1.82, 2.24) is 5.32 Å². The first-order valence-corrected chi connectivity index (χ1v) is 16.9. The third kappa shape index (κ3) is 7.66. The van der Waals surface area contributed by atoms with E-state index in [0.29, 0.717) is 22.3 Å². The standard InChI is InChI=1S/C38H47ClN2O4/c1-6-7-9-27-12-15-30(16-13-27)24(2)40-37(42)31-17-18-32-33(25(3)41(35(32)22-31)23-28-10-8-11-28)20-29-14-19-34(39)36(21-29)45-26(4)38(43)44-5/h12-19,21-22,24-26,28,33H,6-11,20,23H2,1-5H3,(H,40,42)/t24-,25?,26?,33?/m0/s1. The van der Waals surface area contributed by atoms with Crippen LogP contribution < -0.4 is 15.0 Å². The van der Waals surface area contributed by atoms with Crippen LogP contribution in [0.25, 0.3) is 0 Å². The van der Waals surface area contributed by atoms with E-state index in [0.717, 1.165) is 36.2 Å². The van der Waals surface area contributed by atoms with E-state index in [9.17, 15) is 9.59 Å². The van der Waals surface area contributed by atoms with Gasteiger partial charge in [-0.15, -0.1) is 0 Å². The highest BCUT2D eigenvalue weighted by Crippen LogP contribution is 2.45. The Labute approximate surface area is 273 Å². The molecule has 3 unspecified atom stereocenters. The highest BCUT2D eigenvalue weighted by Gasteiger charge is 2.38. The number of nitrogens with one attached hydrogen (secondary N) is 1. The van der Waals surface area contributed by atoms with Gasteiger partial charge in [0.25, 0.3) is 5.91 Å². The second kappa shape index (κ2) is 14.7. The number of halogens is 1. The number of unbranched alkanes of at least 4 members (excludes halogenated alkanes) is 1. The minimum absolute atomic E-state index is 0.0562. The molecule has 3 aromatic rings. The molecule has 2 aliphatic rings. The quantitative estimate of drug-likeness (QED) is 0.192. The fourth-order valence-electron chi connectivity index (χ4n) is 6.58. The van der Waals surface area contributed by atoms with Crippen molar-refractivity contribution in [3.63, 3.8) is 0 Å². The van der Waals surface area contributed by atoms with Crippen LogP contribution in [-0.4, -0.2) is 37.7 Å². The normalized spacial score (nSPS) is 18.9. The number of rotatable bonds is 13. The van der Waals surface area contributed by atoms with E-state index in [2.05, 4.69) is 60.5 Å². The lowest BCUT2D eigenvalue weighted by atomic mass is 9.84. The van der Waals surface area contributed by atoms with Crippen LogP contribution >= 0.6 is 11.6 Å². The Bertz CT molecular complexity index is 1490. The van der Waals surface area contributed by atoms with Crippen molar-refractivity contribution in [3.8, 4) is 5.75 Å². The molecule has 1 heterocycles. The highest BCUT2D eigenvalue weighted by molar-refractivity contribution is 6.32. The van der Waals surface area contributed by atoms with Gasteiger partial charge in [-0.1, -0.05) is 67.8 Å². The van der Waals surface area contributed by atoms with Crippen molar-refractivity contribution in [3.05, 3.63) is 93.5 Å². The predicted octanol–water partition coefficient (Wildman–Crippen LogP) is 8.45. The second-order valence-corrected chi connectivity index (χ2v) is 13.3. The third-order valence-corrected chi connectivity index (χ3v) is 10.0. The lowest BCUT2D eigenvalue weighted by molar-refractivity contribution is -0.147. The van der Waals surface area contributed by atoms with Crippen LogP contribution in [-0.2, 0) is 22.4 Å². The van der Waals surface area contributed by atoms with E-state index in [1.54, 1.807) is 6.92 Å². The molecule has 1 saturated carbocycles. The predicted molar refractivity (Wildman–Crippen MR) is 182 cm³/mol. The number of aryl methyl sites for hydroxylation is 1. The van der Waals surface area contributed by atoms with E-state index >= 15 is 0 Å². The summed E-state index contributed by atoms with van der Waals surface area (Å²) in [5, 5.41) is 3.69. The first kappa shape index (κ1) is 32.9. The van der Waals surface area contributed by atoms with E-state index < -0.39 is 12.1 Å². The molecule has 3 aromatic carbocycles. The lowest BCUT2D eigenvalue weighted by Crippen LogP contribution is -2.38. The van der Waals surface area contributed by atoms with Crippen molar-refractivity contribution in [2.24, 2.45) is 5.92 Å². The van der Waals surface area contributed by atoms with Crippen LogP contribution in [0.15, 0.2) is 60.7 Å². The summed E-state index contributed by atoms with van der Waals surface area (Å²) in [5.74, 6) is 0.887. The Kier molecular flexibility index (Phi) is 10.8. The Morgan fingerprint density at radius 1 is 1.02 bits per heavy atom. The summed E-state index contributed by atoms with van der Waals surface area (Å²) in [4.78, 5) is 28.0. The summed E-state index contributed by atoms with van der Waals surface area (Å²) in [6.45, 7) is 9.20. The van der Waals surface area contributed by atoms with Crippen LogP contribution in [0.2, 0.25) is 5.02 Å². The van der Waals surface area contributed by atoms with Crippen molar-refractivity contribution in [2.45, 2.75) is 96.7 Å². The third-order valence-electron chi connectivity index (χ3n) is 9.69. The number of fused-ring (bicyclic) bond motifs is 1. The zero-order valence-corrected chi connectivity index (χ0v) is 28.0. The van der Waals surface area contributed by atoms with Crippen molar-refractivity contribution < 1.29 is 19.1 Å². The monoisotopic (exact) mass is 630 g/mol. The van der Waals surface area contributed by atoms with Gasteiger partial charge in [0.15, 0.2) is 6.10 Å². The number of carbonyl (C=O) groups excluding carboxylic acids is 2. The summed E-state index contributed by atoms with van der Waals surface area (Å²) in [7, 11) is 1.34. The first-order chi connectivity index (χ1) is 21.7. The van der Waals surface area contributed by atoms with E-state index in [1.807, 2.05) is 31.2 Å². The second-order valence-electron chi connectivity index (χ2n) is 12.9. The molecule has 5 rings (SSSR count). The first-order valence-electron chi connectivity index (χ1n) is 16.5. The topological polar surface area (TPSA) is 67.9 Å². The van der Waals surface area contributed by atoms with E-state index in [-0.39, 0.29) is 23.9 Å². The van der Waals surface area contributed by atoms with Gasteiger partial charge in [0.05, 0.1) is 18.2 Å². The molecule has 7 heteroatoms. The Morgan fingerprint density at radius 3 is 2.42 bits per heavy atom. The van der Waals surface area contributed by atoms with Gasteiger partial charge < -0.3 is 19.7 Å². The molecule has 0 saturated heterocycles. The molecule has 1 amide bonds. The number of hydrogen-bond acceptors (Lipinski definition) is 5. The van der Waals surface area contributed by atoms with Gasteiger partial charge in [0.2, 0.25) is 0 Å². The van der Waals surface area contributed by atoms with Crippen LogP contribution in [0, 0.1) is 5.92 Å². The largest absolute Gasteiger partial charge is 0.477 e. The molecule has 0 radical (unpaired) electrons. The molecule has 1 aliphatic carbocycles. The molecule has 0 spiro atoms. The molecule has 4 atom stereocenters. The molecule has 1 N–H and O–H groups in total. The summed E-state index contributed by atoms with van der Waals surface area (Å²) in [6.07, 6.45) is 7.29. The van der Waals surface area contributed by atoms with Crippen LogP contribution in [0.5, 0.6) is 5.75 Å². The van der Waals surface area contributed by atoms with Gasteiger partial charge in [-0.3, -0.25) is 4.79 Å². The van der Waals surface area contributed by atoms with Crippen LogP contribution in [0.3, 0.4) is 0 Å². The molecule has 240 valence electrons. The van der Waals surface area contributed by atoms with Gasteiger partial charge in [0, 0.05) is 29.8 Å². The Hall–Kier alpha value is -3.51. The zero-order chi connectivity index (χ0) is 32.1. The minimum Gasteiger partial charge on any atom is -0.477 e. The lowest BCUT2D eigenvalue weighted by Gasteiger charge is -2.35. The average molecular weight is 631 g/mol. The fraction of sp³-hybridized carbons (Fsp3) is 0.474. The van der Waals surface area contributed by atoms with Crippen molar-refractivity contribution in [1.29, 1.82) is 0 Å². The number of ether oxygens (including phenoxy) is 2. The van der Waals surface area contributed by atoms with Gasteiger partial charge in [-0.25, -0.2) is 4.79 Å². The zero-order valence-electron chi connectivity index (χ0n) is 27.3. The average Bonchev–Trinajstić information content (AvgIpc) is 3.28. The van der Waals surface area contributed by atoms with Gasteiger partial charge in [0.1, 0.15) is 5.75 Å². The molecule has 0 bridgehead atoms. The number of anilines is 1. The summed E-state index contributed by atoms with van der Waals surface area (Å²) < 4.78 is 10.7. The van der Waals surface area contributed by atoms with Gasteiger partial charge >= 0.3 is 5.97 Å². The summed E-state index contributed by atoms with van der Waals surface area (Å²) >= 11 is 6.44. The fourth-order valence-corrected chi connectivity index (χ4v) is 6.75. The van der Waals surface area contributed by atoms with Gasteiger partial charge in [-0.2, -0.15) is 0 Å². The number of hydrogen-bond donors (Lipinski definition) is 1. The maximum Gasteiger partial charge on any atom is 0.346 e. The SMILES string of the molecule is CCCCc1ccc([C@H](C)NC(=O)c2ccc3c(c2)N(CC2CCC2)C(C)C3Cc2ccc(Cl)c(OC(C)C(=O)OC)c2)cc1. The molecule has 6 nitrogen and oxygen atoms in total. The van der Waals surface area contributed by atoms with Crippen molar-refractivity contribution >= 4 is 29.2 Å². The molecule has 1 aliphatic heterocycles. The molecule has 1 fully saturated rings. The van der Waals surface area contributed by atoms with E-state index in [4.69, 9.17) is 21.1 Å². The molecule has 45 heavy (non-hydrogen) atoms. The highest BCUT2D eigenvalue weighted by atomic mass is 35.5. The summed E-state index contributed by atoms with van der Waals surface area (Å²) in [6, 6.07) is 20.8. The maximum atomic E-state index is 13.5. The summed E-state index contributed by atoms with van der Waals surface area (Å²) in [5.41, 5.74) is 6.63. The molecule has 0 aromatic heterocycles. The number of carbonyl (C=O) groups is 2. The number of benzene rings is 3. The van der Waals surface area contributed by atoms with Crippen LogP contribution in [0.1, 0.15) is 104 Å². The number of amides is 1.